The Morgan fingerprint density at radius 2 is 1.85 bits per heavy atom. The molecule has 0 atom stereocenters. The minimum Gasteiger partial charge on any atom is -0.409 e. The summed E-state index contributed by atoms with van der Waals surface area (Å²) in [6, 6.07) is 9.61. The molecule has 0 aliphatic rings. The van der Waals surface area contributed by atoms with Crippen LogP contribution in [0.3, 0.4) is 0 Å². The first-order chi connectivity index (χ1) is 12.3. The number of benzene rings is 2. The van der Waals surface area contributed by atoms with Gasteiger partial charge in [-0.3, -0.25) is 4.79 Å². The number of nitrogens with two attached hydrogens (primary N) is 1. The van der Waals surface area contributed by atoms with Gasteiger partial charge in [0.2, 0.25) is 0 Å². The Labute approximate surface area is 145 Å². The molecule has 0 aliphatic heterocycles. The molecule has 4 nitrogen and oxygen atoms in total. The number of hydrogen-bond acceptors (Lipinski definition) is 3. The van der Waals surface area contributed by atoms with Crippen molar-refractivity contribution in [3.63, 3.8) is 0 Å². The quantitative estimate of drug-likeness (QED) is 0.722. The number of alkyl halides is 3. The summed E-state index contributed by atoms with van der Waals surface area (Å²) in [5, 5.41) is 0.439. The molecule has 3 aromatic rings. The third-order valence-corrected chi connectivity index (χ3v) is 3.77. The Balaban J connectivity index is 2.27. The maximum Gasteiger partial charge on any atom is 0.416 e. The lowest BCUT2D eigenvalue weighted by molar-refractivity contribution is -0.137. The van der Waals surface area contributed by atoms with Crippen LogP contribution in [0.15, 0.2) is 53.3 Å². The maximum absolute atomic E-state index is 13.5. The van der Waals surface area contributed by atoms with Gasteiger partial charge in [-0.2, -0.15) is 13.2 Å². The molecule has 1 aromatic heterocycles. The standard InChI is InChI=1S/C18H14F4N2O2/c19-14-5-4-11-9-16(12-2-1-3-13(8-12)18(20,21)22)24(26-7-6-23)17(25)15(11)10-14/h1-5,8-10H,6-7,23H2. The zero-order valence-electron chi connectivity index (χ0n) is 13.4. The van der Waals surface area contributed by atoms with Crippen LogP contribution in [0, 0.1) is 5.82 Å². The van der Waals surface area contributed by atoms with E-state index in [1.165, 1.54) is 30.3 Å². The van der Waals surface area contributed by atoms with Gasteiger partial charge in [-0.1, -0.05) is 18.2 Å². The highest BCUT2D eigenvalue weighted by Crippen LogP contribution is 2.32. The first kappa shape index (κ1) is 17.9. The summed E-state index contributed by atoms with van der Waals surface area (Å²) < 4.78 is 53.3. The molecule has 1 heterocycles. The van der Waals surface area contributed by atoms with E-state index in [0.29, 0.717) is 5.39 Å². The maximum atomic E-state index is 13.5. The van der Waals surface area contributed by atoms with Gasteiger partial charge in [-0.15, -0.1) is 4.73 Å². The Morgan fingerprint density at radius 1 is 1.08 bits per heavy atom. The van der Waals surface area contributed by atoms with Crippen LogP contribution in [-0.4, -0.2) is 17.9 Å². The zero-order chi connectivity index (χ0) is 18.9. The number of nitrogens with zero attached hydrogens (tertiary/aromatic N) is 1. The van der Waals surface area contributed by atoms with Crippen LogP contribution in [0.5, 0.6) is 0 Å². The van der Waals surface area contributed by atoms with Crippen LogP contribution in [0.1, 0.15) is 5.56 Å². The summed E-state index contributed by atoms with van der Waals surface area (Å²) in [5.41, 5.74) is 4.11. The number of rotatable bonds is 4. The molecule has 8 heteroatoms. The van der Waals surface area contributed by atoms with Crippen LogP contribution in [0.25, 0.3) is 22.0 Å². The molecule has 2 aromatic carbocycles. The number of fused-ring (bicyclic) bond motifs is 1. The van der Waals surface area contributed by atoms with Crippen molar-refractivity contribution < 1.29 is 22.4 Å². The van der Waals surface area contributed by atoms with Gasteiger partial charge in [0, 0.05) is 12.1 Å². The van der Waals surface area contributed by atoms with Crippen molar-refractivity contribution in [1.29, 1.82) is 0 Å². The topological polar surface area (TPSA) is 57.2 Å². The van der Waals surface area contributed by atoms with Gasteiger partial charge >= 0.3 is 6.18 Å². The summed E-state index contributed by atoms with van der Waals surface area (Å²) >= 11 is 0. The Kier molecular flexibility index (Phi) is 4.69. The number of halogens is 4. The van der Waals surface area contributed by atoms with Crippen molar-refractivity contribution in [2.45, 2.75) is 6.18 Å². The van der Waals surface area contributed by atoms with E-state index >= 15 is 0 Å². The fourth-order valence-electron chi connectivity index (χ4n) is 2.59. The van der Waals surface area contributed by atoms with Gasteiger partial charge in [-0.05, 0) is 35.7 Å². The molecule has 0 spiro atoms. The molecule has 0 aliphatic carbocycles. The smallest absolute Gasteiger partial charge is 0.409 e. The van der Waals surface area contributed by atoms with Crippen molar-refractivity contribution in [3.05, 3.63) is 70.3 Å². The summed E-state index contributed by atoms with van der Waals surface area (Å²) in [7, 11) is 0. The second kappa shape index (κ2) is 6.80. The summed E-state index contributed by atoms with van der Waals surface area (Å²) in [6.07, 6.45) is -4.53. The van der Waals surface area contributed by atoms with Gasteiger partial charge in [0.1, 0.15) is 12.4 Å². The number of pyridine rings is 1. The van der Waals surface area contributed by atoms with Crippen LogP contribution < -0.4 is 16.1 Å². The molecule has 26 heavy (non-hydrogen) atoms. The van der Waals surface area contributed by atoms with E-state index < -0.39 is 23.1 Å². The predicted molar refractivity (Wildman–Crippen MR) is 89.1 cm³/mol. The van der Waals surface area contributed by atoms with Gasteiger partial charge < -0.3 is 10.6 Å². The van der Waals surface area contributed by atoms with E-state index in [1.807, 2.05) is 0 Å². The Morgan fingerprint density at radius 3 is 2.54 bits per heavy atom. The van der Waals surface area contributed by atoms with Crippen LogP contribution in [0.2, 0.25) is 0 Å². The SMILES string of the molecule is NCCOn1c(-c2cccc(C(F)(F)F)c2)cc2ccc(F)cc2c1=O. The summed E-state index contributed by atoms with van der Waals surface area (Å²) in [5.74, 6) is -0.605. The Bertz CT molecular complexity index is 1010. The molecule has 0 fully saturated rings. The largest absolute Gasteiger partial charge is 0.416 e. The molecular formula is C18H14F4N2O2. The third kappa shape index (κ3) is 3.41. The molecule has 0 radical (unpaired) electrons. The van der Waals surface area contributed by atoms with Gasteiger partial charge in [-0.25, -0.2) is 4.39 Å². The van der Waals surface area contributed by atoms with Crippen LogP contribution in [-0.2, 0) is 6.18 Å². The van der Waals surface area contributed by atoms with E-state index in [4.69, 9.17) is 10.6 Å². The second-order valence-corrected chi connectivity index (χ2v) is 5.56. The number of hydrogen-bond donors (Lipinski definition) is 1. The van der Waals surface area contributed by atoms with E-state index in [-0.39, 0.29) is 29.8 Å². The third-order valence-electron chi connectivity index (χ3n) is 3.77. The predicted octanol–water partition coefficient (Wildman–Crippen LogP) is 3.21. The highest BCUT2D eigenvalue weighted by Gasteiger charge is 2.30. The average Bonchev–Trinajstić information content (AvgIpc) is 2.60. The Hall–Kier alpha value is -2.87. The van der Waals surface area contributed by atoms with E-state index in [9.17, 15) is 22.4 Å². The molecule has 0 amide bonds. The summed E-state index contributed by atoms with van der Waals surface area (Å²) in [6.45, 7) is 0.0579. The lowest BCUT2D eigenvalue weighted by atomic mass is 10.0. The van der Waals surface area contributed by atoms with Crippen molar-refractivity contribution in [2.24, 2.45) is 5.73 Å². The molecule has 0 bridgehead atoms. The summed E-state index contributed by atoms with van der Waals surface area (Å²) in [4.78, 5) is 18.0. The van der Waals surface area contributed by atoms with Crippen LogP contribution in [0.4, 0.5) is 17.6 Å². The van der Waals surface area contributed by atoms with Gasteiger partial charge in [0.05, 0.1) is 16.6 Å². The number of aromatic nitrogens is 1. The molecule has 0 saturated carbocycles. The lowest BCUT2D eigenvalue weighted by Crippen LogP contribution is -2.31. The molecular weight excluding hydrogens is 352 g/mol. The van der Waals surface area contributed by atoms with E-state index in [0.717, 1.165) is 22.9 Å². The first-order valence-corrected chi connectivity index (χ1v) is 7.67. The van der Waals surface area contributed by atoms with Gasteiger partial charge in [0.25, 0.3) is 5.56 Å². The normalized spacial score (nSPS) is 11.7. The highest BCUT2D eigenvalue weighted by atomic mass is 19.4. The second-order valence-electron chi connectivity index (χ2n) is 5.56. The highest BCUT2D eigenvalue weighted by molar-refractivity contribution is 5.85. The van der Waals surface area contributed by atoms with Crippen LogP contribution >= 0.6 is 0 Å². The molecule has 3 rings (SSSR count). The first-order valence-electron chi connectivity index (χ1n) is 7.67. The van der Waals surface area contributed by atoms with Crippen molar-refractivity contribution in [3.8, 4) is 11.3 Å². The fraction of sp³-hybridized carbons (Fsp3) is 0.167. The van der Waals surface area contributed by atoms with E-state index in [1.54, 1.807) is 0 Å². The van der Waals surface area contributed by atoms with Crippen molar-refractivity contribution in [1.82, 2.24) is 4.73 Å². The van der Waals surface area contributed by atoms with Crippen molar-refractivity contribution >= 4 is 10.8 Å². The zero-order valence-corrected chi connectivity index (χ0v) is 13.4. The van der Waals surface area contributed by atoms with Crippen molar-refractivity contribution in [2.75, 3.05) is 13.2 Å². The van der Waals surface area contributed by atoms with Gasteiger partial charge in [0.15, 0.2) is 0 Å². The molecule has 0 unspecified atom stereocenters. The molecule has 136 valence electrons. The minimum absolute atomic E-state index is 0.0350. The fourth-order valence-corrected chi connectivity index (χ4v) is 2.59. The molecule has 0 saturated heterocycles. The monoisotopic (exact) mass is 366 g/mol. The van der Waals surface area contributed by atoms with E-state index in [2.05, 4.69) is 0 Å². The average molecular weight is 366 g/mol. The minimum atomic E-state index is -4.53. The lowest BCUT2D eigenvalue weighted by Gasteiger charge is -2.16. The molecule has 2 N–H and O–H groups in total.